The second-order valence-corrected chi connectivity index (χ2v) is 6.54. The first-order valence-corrected chi connectivity index (χ1v) is 8.70. The van der Waals surface area contributed by atoms with Crippen LogP contribution >= 0.6 is 0 Å². The predicted octanol–water partition coefficient (Wildman–Crippen LogP) is 3.96. The van der Waals surface area contributed by atoms with Crippen LogP contribution in [0, 0.1) is 11.8 Å². The van der Waals surface area contributed by atoms with Crippen LogP contribution in [0.2, 0.25) is 0 Å². The van der Waals surface area contributed by atoms with Crippen LogP contribution in [0.15, 0.2) is 0 Å². The minimum atomic E-state index is 0.615. The molecule has 0 aliphatic heterocycles. The highest BCUT2D eigenvalue weighted by Crippen LogP contribution is 2.31. The van der Waals surface area contributed by atoms with Gasteiger partial charge in [0.1, 0.15) is 0 Å². The zero-order chi connectivity index (χ0) is 13.9. The normalized spacial score (nSPS) is 25.4. The molecule has 0 spiro atoms. The minimum Gasteiger partial charge on any atom is -0.315 e. The van der Waals surface area contributed by atoms with Gasteiger partial charge in [-0.25, -0.2) is 0 Å². The first kappa shape index (κ1) is 17.0. The van der Waals surface area contributed by atoms with Crippen LogP contribution in [-0.2, 0) is 0 Å². The van der Waals surface area contributed by atoms with E-state index >= 15 is 0 Å². The van der Waals surface area contributed by atoms with Gasteiger partial charge in [-0.05, 0) is 51.1 Å². The number of nitrogens with one attached hydrogen (secondary N) is 2. The third kappa shape index (κ3) is 7.94. The fourth-order valence-electron chi connectivity index (χ4n) is 3.15. The molecule has 1 aliphatic rings. The third-order valence-electron chi connectivity index (χ3n) is 4.56. The van der Waals surface area contributed by atoms with E-state index in [0.717, 1.165) is 24.9 Å². The SMILES string of the molecule is CCCCC1CCC(CNC(C)CNCCC)CC1. The fraction of sp³-hybridized carbons (Fsp3) is 1.00. The zero-order valence-corrected chi connectivity index (χ0v) is 13.5. The number of rotatable bonds is 10. The third-order valence-corrected chi connectivity index (χ3v) is 4.56. The van der Waals surface area contributed by atoms with Crippen LogP contribution in [-0.4, -0.2) is 25.7 Å². The van der Waals surface area contributed by atoms with Crippen molar-refractivity contribution in [3.05, 3.63) is 0 Å². The molecule has 1 fully saturated rings. The second kappa shape index (κ2) is 10.7. The molecule has 0 radical (unpaired) electrons. The Kier molecular flexibility index (Phi) is 9.54. The molecular weight excluding hydrogens is 232 g/mol. The molecule has 1 saturated carbocycles. The summed E-state index contributed by atoms with van der Waals surface area (Å²) in [6.07, 6.45) is 11.4. The van der Waals surface area contributed by atoms with E-state index in [1.165, 1.54) is 57.9 Å². The number of unbranched alkanes of at least 4 members (excludes halogenated alkanes) is 1. The molecule has 2 N–H and O–H groups in total. The smallest absolute Gasteiger partial charge is 0.0164 e. The van der Waals surface area contributed by atoms with Crippen molar-refractivity contribution in [2.75, 3.05) is 19.6 Å². The van der Waals surface area contributed by atoms with Crippen molar-refractivity contribution in [1.82, 2.24) is 10.6 Å². The van der Waals surface area contributed by atoms with E-state index < -0.39 is 0 Å². The van der Waals surface area contributed by atoms with E-state index in [2.05, 4.69) is 31.4 Å². The Labute approximate surface area is 121 Å². The molecular formula is C17H36N2. The Bertz CT molecular complexity index is 197. The molecule has 0 saturated heterocycles. The predicted molar refractivity (Wildman–Crippen MR) is 85.6 cm³/mol. The van der Waals surface area contributed by atoms with E-state index in [9.17, 15) is 0 Å². The lowest BCUT2D eigenvalue weighted by Crippen LogP contribution is -2.39. The van der Waals surface area contributed by atoms with Crippen molar-refractivity contribution < 1.29 is 0 Å². The van der Waals surface area contributed by atoms with E-state index in [4.69, 9.17) is 0 Å². The van der Waals surface area contributed by atoms with Gasteiger partial charge < -0.3 is 10.6 Å². The van der Waals surface area contributed by atoms with Gasteiger partial charge in [-0.2, -0.15) is 0 Å². The van der Waals surface area contributed by atoms with Crippen molar-refractivity contribution in [2.24, 2.45) is 11.8 Å². The molecule has 114 valence electrons. The zero-order valence-electron chi connectivity index (χ0n) is 13.5. The fourth-order valence-corrected chi connectivity index (χ4v) is 3.15. The van der Waals surface area contributed by atoms with Crippen LogP contribution in [0.5, 0.6) is 0 Å². The summed E-state index contributed by atoms with van der Waals surface area (Å²) in [6, 6.07) is 0.615. The highest BCUT2D eigenvalue weighted by molar-refractivity contribution is 4.75. The maximum atomic E-state index is 3.71. The Morgan fingerprint density at radius 3 is 2.32 bits per heavy atom. The number of hydrogen-bond donors (Lipinski definition) is 2. The largest absolute Gasteiger partial charge is 0.315 e. The van der Waals surface area contributed by atoms with Gasteiger partial charge in [0, 0.05) is 12.6 Å². The van der Waals surface area contributed by atoms with E-state index in [-0.39, 0.29) is 0 Å². The summed E-state index contributed by atoms with van der Waals surface area (Å²) < 4.78 is 0. The molecule has 0 aromatic carbocycles. The van der Waals surface area contributed by atoms with Crippen molar-refractivity contribution in [3.63, 3.8) is 0 Å². The van der Waals surface area contributed by atoms with Gasteiger partial charge in [-0.15, -0.1) is 0 Å². The van der Waals surface area contributed by atoms with Gasteiger partial charge in [0.2, 0.25) is 0 Å². The highest BCUT2D eigenvalue weighted by Gasteiger charge is 2.20. The summed E-state index contributed by atoms with van der Waals surface area (Å²) in [6.45, 7) is 10.3. The van der Waals surface area contributed by atoms with Crippen LogP contribution < -0.4 is 10.6 Å². The monoisotopic (exact) mass is 268 g/mol. The van der Waals surface area contributed by atoms with Crippen LogP contribution in [0.3, 0.4) is 0 Å². The molecule has 0 aromatic rings. The van der Waals surface area contributed by atoms with Gasteiger partial charge >= 0.3 is 0 Å². The molecule has 1 rings (SSSR count). The van der Waals surface area contributed by atoms with Crippen LogP contribution in [0.1, 0.15) is 72.1 Å². The second-order valence-electron chi connectivity index (χ2n) is 6.54. The maximum absolute atomic E-state index is 3.71. The average molecular weight is 268 g/mol. The first-order valence-electron chi connectivity index (χ1n) is 8.70. The van der Waals surface area contributed by atoms with Crippen molar-refractivity contribution in [3.8, 4) is 0 Å². The molecule has 19 heavy (non-hydrogen) atoms. The minimum absolute atomic E-state index is 0.615. The maximum Gasteiger partial charge on any atom is 0.0164 e. The van der Waals surface area contributed by atoms with Crippen molar-refractivity contribution in [2.45, 2.75) is 78.2 Å². The lowest BCUT2D eigenvalue weighted by atomic mass is 9.80. The average Bonchev–Trinajstić information content (AvgIpc) is 2.44. The van der Waals surface area contributed by atoms with E-state index in [1.54, 1.807) is 0 Å². The van der Waals surface area contributed by atoms with Gasteiger partial charge in [-0.3, -0.25) is 0 Å². The summed E-state index contributed by atoms with van der Waals surface area (Å²) in [5.41, 5.74) is 0. The van der Waals surface area contributed by atoms with Crippen molar-refractivity contribution in [1.29, 1.82) is 0 Å². The van der Waals surface area contributed by atoms with Gasteiger partial charge in [0.15, 0.2) is 0 Å². The summed E-state index contributed by atoms with van der Waals surface area (Å²) in [4.78, 5) is 0. The lowest BCUT2D eigenvalue weighted by molar-refractivity contribution is 0.249. The molecule has 0 heterocycles. The lowest BCUT2D eigenvalue weighted by Gasteiger charge is -2.29. The molecule has 2 nitrogen and oxygen atoms in total. The standard InChI is InChI=1S/C17H36N2/c1-4-6-7-16-8-10-17(11-9-16)14-19-15(3)13-18-12-5-2/h15-19H,4-14H2,1-3H3. The Hall–Kier alpha value is -0.0800. The topological polar surface area (TPSA) is 24.1 Å². The number of hydrogen-bond acceptors (Lipinski definition) is 2. The molecule has 2 heteroatoms. The summed E-state index contributed by atoms with van der Waals surface area (Å²) in [5.74, 6) is 1.98. The van der Waals surface area contributed by atoms with Crippen LogP contribution in [0.25, 0.3) is 0 Å². The first-order chi connectivity index (χ1) is 9.26. The highest BCUT2D eigenvalue weighted by atomic mass is 15.0. The van der Waals surface area contributed by atoms with E-state index in [1.807, 2.05) is 0 Å². The Morgan fingerprint density at radius 2 is 1.68 bits per heavy atom. The quantitative estimate of drug-likeness (QED) is 0.586. The summed E-state index contributed by atoms with van der Waals surface area (Å²) >= 11 is 0. The summed E-state index contributed by atoms with van der Waals surface area (Å²) in [7, 11) is 0. The Balaban J connectivity index is 2.02. The molecule has 1 atom stereocenters. The molecule has 1 unspecified atom stereocenters. The van der Waals surface area contributed by atoms with Gasteiger partial charge in [0.05, 0.1) is 0 Å². The summed E-state index contributed by atoms with van der Waals surface area (Å²) in [5, 5.41) is 7.20. The van der Waals surface area contributed by atoms with Gasteiger partial charge in [0.25, 0.3) is 0 Å². The van der Waals surface area contributed by atoms with Crippen LogP contribution in [0.4, 0.5) is 0 Å². The Morgan fingerprint density at radius 1 is 1.00 bits per heavy atom. The van der Waals surface area contributed by atoms with Gasteiger partial charge in [-0.1, -0.05) is 46.0 Å². The molecule has 0 aromatic heterocycles. The van der Waals surface area contributed by atoms with Crippen molar-refractivity contribution >= 4 is 0 Å². The molecule has 0 amide bonds. The van der Waals surface area contributed by atoms with E-state index in [0.29, 0.717) is 6.04 Å². The molecule has 0 bridgehead atoms. The molecule has 1 aliphatic carbocycles.